The van der Waals surface area contributed by atoms with E-state index in [1.165, 1.54) is 0 Å². The molecule has 0 fully saturated rings. The summed E-state index contributed by atoms with van der Waals surface area (Å²) in [4.78, 5) is 19.1. The molecule has 5 rings (SSSR count). The van der Waals surface area contributed by atoms with E-state index < -0.39 is 5.63 Å². The summed E-state index contributed by atoms with van der Waals surface area (Å²) in [7, 11) is 0. The molecule has 0 aliphatic rings. The van der Waals surface area contributed by atoms with E-state index in [9.17, 15) is 4.79 Å². The van der Waals surface area contributed by atoms with Gasteiger partial charge in [-0.2, -0.15) is 0 Å². The summed E-state index contributed by atoms with van der Waals surface area (Å²) in [5, 5.41) is 0. The third-order valence-corrected chi connectivity index (χ3v) is 5.77. The number of fused-ring (bicyclic) bond motifs is 1. The lowest BCUT2D eigenvalue weighted by Crippen LogP contribution is -2.04. The summed E-state index contributed by atoms with van der Waals surface area (Å²) in [5.74, 6) is 0. The maximum absolute atomic E-state index is 12.6. The average molecular weight is 381 g/mol. The first kappa shape index (κ1) is 16.7. The van der Waals surface area contributed by atoms with Gasteiger partial charge in [0.1, 0.15) is 5.52 Å². The number of aromatic nitrogens is 1. The van der Waals surface area contributed by atoms with E-state index >= 15 is 0 Å². The van der Waals surface area contributed by atoms with E-state index in [2.05, 4.69) is 29.2 Å². The summed E-state index contributed by atoms with van der Waals surface area (Å²) in [6.45, 7) is 0. The van der Waals surface area contributed by atoms with Crippen molar-refractivity contribution in [2.45, 2.75) is 0 Å². The first-order valence-corrected chi connectivity index (χ1v) is 9.76. The Hall–Kier alpha value is -3.50. The molecule has 0 saturated carbocycles. The van der Waals surface area contributed by atoms with Crippen LogP contribution in [0.4, 0.5) is 0 Å². The van der Waals surface area contributed by atoms with Gasteiger partial charge in [-0.25, -0.2) is 9.78 Å². The molecule has 0 amide bonds. The van der Waals surface area contributed by atoms with Crippen LogP contribution in [-0.2, 0) is 0 Å². The molecule has 0 N–H and O–H groups in total. The Kier molecular flexibility index (Phi) is 4.11. The first-order chi connectivity index (χ1) is 13.8. The van der Waals surface area contributed by atoms with E-state index in [1.807, 2.05) is 60.7 Å². The summed E-state index contributed by atoms with van der Waals surface area (Å²) < 4.78 is 5.50. The molecular weight excluding hydrogens is 366 g/mol. The molecule has 5 aromatic rings. The van der Waals surface area contributed by atoms with E-state index in [4.69, 9.17) is 4.42 Å². The second-order valence-corrected chi connectivity index (χ2v) is 7.46. The lowest BCUT2D eigenvalue weighted by Gasteiger charge is -2.03. The van der Waals surface area contributed by atoms with E-state index in [0.29, 0.717) is 16.8 Å². The smallest absolute Gasteiger partial charge is 0.363 e. The first-order valence-electron chi connectivity index (χ1n) is 8.94. The molecule has 2 aromatic heterocycles. The minimum Gasteiger partial charge on any atom is -0.419 e. The van der Waals surface area contributed by atoms with Gasteiger partial charge >= 0.3 is 5.63 Å². The average Bonchev–Trinajstić information content (AvgIpc) is 3.20. The second-order valence-electron chi connectivity index (χ2n) is 6.40. The van der Waals surface area contributed by atoms with Crippen molar-refractivity contribution in [3.05, 3.63) is 101 Å². The van der Waals surface area contributed by atoms with Crippen molar-refractivity contribution in [2.75, 3.05) is 0 Å². The highest BCUT2D eigenvalue weighted by Crippen LogP contribution is 2.42. The molecule has 0 saturated heterocycles. The third kappa shape index (κ3) is 2.94. The molecule has 0 aliphatic carbocycles. The molecule has 0 spiro atoms. The Morgan fingerprint density at radius 2 is 1.39 bits per heavy atom. The molecule has 4 heteroatoms. The lowest BCUT2D eigenvalue weighted by atomic mass is 10.0. The van der Waals surface area contributed by atoms with Crippen LogP contribution in [0.15, 0.2) is 100 Å². The van der Waals surface area contributed by atoms with Crippen molar-refractivity contribution >= 4 is 22.4 Å². The number of nitrogens with zero attached hydrogens (tertiary/aromatic N) is 1. The molecule has 28 heavy (non-hydrogen) atoms. The van der Waals surface area contributed by atoms with Crippen LogP contribution in [0.25, 0.3) is 43.2 Å². The van der Waals surface area contributed by atoms with Crippen molar-refractivity contribution in [1.29, 1.82) is 0 Å². The highest BCUT2D eigenvalue weighted by molar-refractivity contribution is 7.19. The van der Waals surface area contributed by atoms with Gasteiger partial charge in [0.25, 0.3) is 0 Å². The van der Waals surface area contributed by atoms with Gasteiger partial charge in [-0.15, -0.1) is 11.3 Å². The fraction of sp³-hybridized carbons (Fsp3) is 0. The van der Waals surface area contributed by atoms with Gasteiger partial charge in [0.05, 0.1) is 4.88 Å². The van der Waals surface area contributed by atoms with Crippen LogP contribution in [0.5, 0.6) is 0 Å². The van der Waals surface area contributed by atoms with E-state index in [1.54, 1.807) is 17.4 Å². The van der Waals surface area contributed by atoms with Crippen LogP contribution in [0.3, 0.4) is 0 Å². The van der Waals surface area contributed by atoms with Crippen LogP contribution >= 0.6 is 11.3 Å². The number of para-hydroxylation sites is 2. The van der Waals surface area contributed by atoms with Gasteiger partial charge in [-0.3, -0.25) is 0 Å². The van der Waals surface area contributed by atoms with Gasteiger partial charge in [-0.05, 0) is 29.3 Å². The number of hydrogen-bond acceptors (Lipinski definition) is 4. The van der Waals surface area contributed by atoms with Crippen LogP contribution in [0, 0.1) is 0 Å². The Labute approximate surface area is 165 Å². The van der Waals surface area contributed by atoms with Gasteiger partial charge < -0.3 is 4.42 Å². The van der Waals surface area contributed by atoms with Gasteiger partial charge in [-0.1, -0.05) is 72.8 Å². The lowest BCUT2D eigenvalue weighted by molar-refractivity contribution is 0.558. The van der Waals surface area contributed by atoms with Crippen molar-refractivity contribution in [1.82, 2.24) is 4.98 Å². The molecule has 0 aliphatic heterocycles. The zero-order valence-electron chi connectivity index (χ0n) is 14.8. The van der Waals surface area contributed by atoms with Gasteiger partial charge in [0.15, 0.2) is 11.3 Å². The predicted octanol–water partition coefficient (Wildman–Crippen LogP) is 6.25. The zero-order chi connectivity index (χ0) is 18.9. The fourth-order valence-corrected chi connectivity index (χ4v) is 4.41. The molecule has 134 valence electrons. The highest BCUT2D eigenvalue weighted by Gasteiger charge is 2.18. The Bertz CT molecular complexity index is 1260. The predicted molar refractivity (Wildman–Crippen MR) is 114 cm³/mol. The topological polar surface area (TPSA) is 43.1 Å². The Balaban J connectivity index is 1.75. The van der Waals surface area contributed by atoms with Crippen LogP contribution in [-0.4, -0.2) is 4.98 Å². The van der Waals surface area contributed by atoms with Crippen molar-refractivity contribution in [3.8, 4) is 32.1 Å². The summed E-state index contributed by atoms with van der Waals surface area (Å²) in [6, 6.07) is 29.8. The number of rotatable bonds is 3. The largest absolute Gasteiger partial charge is 0.419 e. The highest BCUT2D eigenvalue weighted by atomic mass is 32.1. The number of hydrogen-bond donors (Lipinski definition) is 0. The minimum atomic E-state index is -0.417. The summed E-state index contributed by atoms with van der Waals surface area (Å²) >= 11 is 1.56. The van der Waals surface area contributed by atoms with Crippen molar-refractivity contribution in [3.63, 3.8) is 0 Å². The zero-order valence-corrected chi connectivity index (χ0v) is 15.6. The minimum absolute atomic E-state index is 0.350. The molecule has 2 heterocycles. The Morgan fingerprint density at radius 3 is 2.14 bits per heavy atom. The van der Waals surface area contributed by atoms with Crippen LogP contribution < -0.4 is 5.63 Å². The molecule has 0 unspecified atom stereocenters. The summed E-state index contributed by atoms with van der Waals surface area (Å²) in [6.07, 6.45) is 0. The van der Waals surface area contributed by atoms with Crippen LogP contribution in [0.2, 0.25) is 0 Å². The molecule has 3 aromatic carbocycles. The number of benzene rings is 3. The standard InChI is InChI=1S/C24H15NO2S/c26-24-22(25-19-13-7-8-14-20(19)27-24)21-15-18(16-9-3-1-4-10-16)23(28-21)17-11-5-2-6-12-17/h1-15H. The van der Waals surface area contributed by atoms with Crippen LogP contribution in [0.1, 0.15) is 0 Å². The molecular formula is C24H15NO2S. The van der Waals surface area contributed by atoms with Crippen molar-refractivity contribution < 1.29 is 4.42 Å². The van der Waals surface area contributed by atoms with Crippen molar-refractivity contribution in [2.24, 2.45) is 0 Å². The molecule has 3 nitrogen and oxygen atoms in total. The fourth-order valence-electron chi connectivity index (χ4n) is 3.25. The second kappa shape index (κ2) is 6.91. The van der Waals surface area contributed by atoms with Gasteiger partial charge in [0, 0.05) is 10.4 Å². The maximum atomic E-state index is 12.6. The SMILES string of the molecule is O=c1oc2ccccc2nc1-c1cc(-c2ccccc2)c(-c2ccccc2)s1. The monoisotopic (exact) mass is 381 g/mol. The maximum Gasteiger partial charge on any atom is 0.363 e. The van der Waals surface area contributed by atoms with E-state index in [-0.39, 0.29) is 0 Å². The van der Waals surface area contributed by atoms with E-state index in [0.717, 1.165) is 26.4 Å². The molecule has 0 atom stereocenters. The molecule has 0 bridgehead atoms. The quantitative estimate of drug-likeness (QED) is 0.371. The van der Waals surface area contributed by atoms with Gasteiger partial charge in [0.2, 0.25) is 0 Å². The summed E-state index contributed by atoms with van der Waals surface area (Å²) in [5.41, 5.74) is 4.41. The normalized spacial score (nSPS) is 11.0. The Morgan fingerprint density at radius 1 is 0.750 bits per heavy atom. The third-order valence-electron chi connectivity index (χ3n) is 4.58. The molecule has 0 radical (unpaired) electrons. The number of thiophene rings is 1.